The van der Waals surface area contributed by atoms with Crippen LogP contribution in [0.25, 0.3) is 0 Å². The Morgan fingerprint density at radius 2 is 1.17 bits per heavy atom. The number of benzene rings is 1. The van der Waals surface area contributed by atoms with E-state index in [0.717, 1.165) is 41.1 Å². The highest BCUT2D eigenvalue weighted by Crippen LogP contribution is 2.47. The predicted octanol–water partition coefficient (Wildman–Crippen LogP) is 8.64. The summed E-state index contributed by atoms with van der Waals surface area (Å²) in [4.78, 5) is 0. The highest BCUT2D eigenvalue weighted by Gasteiger charge is 2.34. The molecule has 1 heteroatoms. The van der Waals surface area contributed by atoms with Crippen LogP contribution in [0.4, 0.5) is 0 Å². The summed E-state index contributed by atoms with van der Waals surface area (Å²) in [6.07, 6.45) is 22.2. The van der Waals surface area contributed by atoms with Gasteiger partial charge in [-0.2, -0.15) is 5.26 Å². The molecule has 164 valence electrons. The lowest BCUT2D eigenvalue weighted by Gasteiger charge is -2.41. The Morgan fingerprint density at radius 1 is 0.700 bits per heavy atom. The molecule has 0 aliphatic heterocycles. The van der Waals surface area contributed by atoms with Crippen molar-refractivity contribution in [3.8, 4) is 6.07 Å². The minimum atomic E-state index is 0.730. The van der Waals surface area contributed by atoms with E-state index in [0.29, 0.717) is 0 Å². The van der Waals surface area contributed by atoms with Crippen LogP contribution < -0.4 is 0 Å². The van der Waals surface area contributed by atoms with Crippen molar-refractivity contribution in [1.29, 1.82) is 5.26 Å². The Hall–Kier alpha value is -1.29. The van der Waals surface area contributed by atoms with Crippen molar-refractivity contribution < 1.29 is 0 Å². The highest BCUT2D eigenvalue weighted by molar-refractivity contribution is 5.33. The maximum atomic E-state index is 9.01. The molecule has 0 atom stereocenters. The van der Waals surface area contributed by atoms with Gasteiger partial charge < -0.3 is 0 Å². The monoisotopic (exact) mass is 405 g/mol. The van der Waals surface area contributed by atoms with Crippen LogP contribution in [0.5, 0.6) is 0 Å². The van der Waals surface area contributed by atoms with Crippen molar-refractivity contribution in [1.82, 2.24) is 0 Å². The molecule has 0 bridgehead atoms. The van der Waals surface area contributed by atoms with E-state index in [1.807, 2.05) is 12.1 Å². The highest BCUT2D eigenvalue weighted by atomic mass is 14.4. The third-order valence-corrected chi connectivity index (χ3v) is 9.29. The van der Waals surface area contributed by atoms with Gasteiger partial charge in [0, 0.05) is 0 Å². The van der Waals surface area contributed by atoms with Crippen LogP contribution >= 0.6 is 0 Å². The lowest BCUT2D eigenvalue weighted by molar-refractivity contribution is 0.108. The molecule has 0 radical (unpaired) electrons. The van der Waals surface area contributed by atoms with E-state index < -0.39 is 0 Å². The summed E-state index contributed by atoms with van der Waals surface area (Å²) in [6.45, 7) is 2.34. The quantitative estimate of drug-likeness (QED) is 0.464. The molecule has 4 rings (SSSR count). The van der Waals surface area contributed by atoms with E-state index in [9.17, 15) is 0 Å². The maximum Gasteiger partial charge on any atom is 0.0991 e. The van der Waals surface area contributed by atoms with Gasteiger partial charge in [-0.05, 0) is 117 Å². The largest absolute Gasteiger partial charge is 0.192 e. The minimum Gasteiger partial charge on any atom is -0.192 e. The van der Waals surface area contributed by atoms with Crippen LogP contribution in [0, 0.1) is 40.9 Å². The van der Waals surface area contributed by atoms with E-state index in [1.165, 1.54) is 89.0 Å². The Kier molecular flexibility index (Phi) is 7.92. The minimum absolute atomic E-state index is 0.730. The van der Waals surface area contributed by atoms with E-state index in [4.69, 9.17) is 5.26 Å². The van der Waals surface area contributed by atoms with Gasteiger partial charge in [0.05, 0.1) is 11.6 Å². The second kappa shape index (κ2) is 10.8. The molecule has 1 aromatic rings. The van der Waals surface area contributed by atoms with Crippen LogP contribution in [-0.4, -0.2) is 0 Å². The molecule has 3 saturated carbocycles. The second-order valence-electron chi connectivity index (χ2n) is 10.9. The first-order valence-corrected chi connectivity index (χ1v) is 13.3. The molecule has 0 aromatic heterocycles. The first-order valence-electron chi connectivity index (χ1n) is 13.3. The first-order chi connectivity index (χ1) is 14.8. The van der Waals surface area contributed by atoms with Crippen LogP contribution in [-0.2, 0) is 0 Å². The van der Waals surface area contributed by atoms with E-state index in [-0.39, 0.29) is 0 Å². The van der Waals surface area contributed by atoms with Gasteiger partial charge in [0.25, 0.3) is 0 Å². The molecule has 30 heavy (non-hydrogen) atoms. The van der Waals surface area contributed by atoms with Crippen molar-refractivity contribution in [2.24, 2.45) is 29.6 Å². The van der Waals surface area contributed by atoms with Gasteiger partial charge in [-0.15, -0.1) is 0 Å². The molecule has 0 heterocycles. The molecule has 3 aliphatic carbocycles. The molecule has 0 spiro atoms. The summed E-state index contributed by atoms with van der Waals surface area (Å²) in [7, 11) is 0. The topological polar surface area (TPSA) is 23.8 Å². The predicted molar refractivity (Wildman–Crippen MR) is 126 cm³/mol. The zero-order valence-electron chi connectivity index (χ0n) is 19.3. The van der Waals surface area contributed by atoms with Gasteiger partial charge in [0.2, 0.25) is 0 Å². The van der Waals surface area contributed by atoms with Crippen LogP contribution in [0.1, 0.15) is 120 Å². The Bertz CT molecular complexity index is 659. The first kappa shape index (κ1) is 21.9. The summed E-state index contributed by atoms with van der Waals surface area (Å²) in [6, 6.07) is 10.6. The number of rotatable bonds is 6. The lowest BCUT2D eigenvalue weighted by atomic mass is 9.64. The van der Waals surface area contributed by atoms with Crippen molar-refractivity contribution in [2.75, 3.05) is 0 Å². The van der Waals surface area contributed by atoms with Gasteiger partial charge in [-0.25, -0.2) is 0 Å². The fourth-order valence-corrected chi connectivity index (χ4v) is 7.28. The van der Waals surface area contributed by atoms with Crippen molar-refractivity contribution >= 4 is 0 Å². The third kappa shape index (κ3) is 5.49. The van der Waals surface area contributed by atoms with Gasteiger partial charge in [0.1, 0.15) is 0 Å². The lowest BCUT2D eigenvalue weighted by Crippen LogP contribution is -2.29. The smallest absolute Gasteiger partial charge is 0.0991 e. The van der Waals surface area contributed by atoms with Crippen molar-refractivity contribution in [3.05, 3.63) is 35.4 Å². The fourth-order valence-electron chi connectivity index (χ4n) is 7.28. The zero-order chi connectivity index (χ0) is 20.8. The number of hydrogen-bond acceptors (Lipinski definition) is 1. The summed E-state index contributed by atoms with van der Waals surface area (Å²) >= 11 is 0. The number of nitrogens with zero attached hydrogens (tertiary/aromatic N) is 1. The van der Waals surface area contributed by atoms with Gasteiger partial charge >= 0.3 is 0 Å². The van der Waals surface area contributed by atoms with Gasteiger partial charge in [0.15, 0.2) is 0 Å². The van der Waals surface area contributed by atoms with Crippen molar-refractivity contribution in [3.63, 3.8) is 0 Å². The Balaban J connectivity index is 1.18. The summed E-state index contributed by atoms with van der Waals surface area (Å²) in [5.41, 5.74) is 2.25. The Morgan fingerprint density at radius 3 is 1.63 bits per heavy atom. The summed E-state index contributed by atoms with van der Waals surface area (Å²) in [5.74, 6) is 5.92. The third-order valence-electron chi connectivity index (χ3n) is 9.29. The summed E-state index contributed by atoms with van der Waals surface area (Å²) in [5, 5.41) is 9.01. The molecule has 3 fully saturated rings. The molecule has 1 nitrogen and oxygen atoms in total. The van der Waals surface area contributed by atoms with E-state index in [2.05, 4.69) is 25.1 Å². The second-order valence-corrected chi connectivity index (χ2v) is 10.9. The summed E-state index contributed by atoms with van der Waals surface area (Å²) < 4.78 is 0. The van der Waals surface area contributed by atoms with Crippen LogP contribution in [0.15, 0.2) is 24.3 Å². The zero-order valence-corrected chi connectivity index (χ0v) is 19.3. The molecule has 0 N–H and O–H groups in total. The average Bonchev–Trinajstić information content (AvgIpc) is 2.83. The number of hydrogen-bond donors (Lipinski definition) is 0. The normalized spacial score (nSPS) is 34.9. The maximum absolute atomic E-state index is 9.01. The molecule has 0 saturated heterocycles. The molecule has 0 amide bonds. The van der Waals surface area contributed by atoms with E-state index >= 15 is 0 Å². The van der Waals surface area contributed by atoms with E-state index in [1.54, 1.807) is 12.8 Å². The molecule has 0 unspecified atom stereocenters. The molecular weight excluding hydrogens is 362 g/mol. The molecular formula is C29H43N. The number of unbranched alkanes of at least 4 members (excludes halogenated alkanes) is 1. The van der Waals surface area contributed by atoms with Crippen molar-refractivity contribution in [2.45, 2.75) is 109 Å². The number of nitriles is 1. The standard InChI is InChI=1S/C29H43N/c1-2-3-4-22-5-9-24(10-6-22)26-13-17-28(18-14-26)29-19-15-27(16-20-29)25-11-7-23(21-30)8-12-25/h7-8,11-12,22,24,26-29H,2-6,9-10,13-20H2,1H3. The molecule has 3 aliphatic rings. The Labute approximate surface area is 185 Å². The van der Waals surface area contributed by atoms with Crippen LogP contribution in [0.3, 0.4) is 0 Å². The van der Waals surface area contributed by atoms with Gasteiger partial charge in [-0.1, -0.05) is 51.2 Å². The van der Waals surface area contributed by atoms with Gasteiger partial charge in [-0.3, -0.25) is 0 Å². The fraction of sp³-hybridized carbons (Fsp3) is 0.759. The average molecular weight is 406 g/mol. The van der Waals surface area contributed by atoms with Crippen LogP contribution in [0.2, 0.25) is 0 Å². The molecule has 1 aromatic carbocycles. The SMILES string of the molecule is CCCCC1CCC(C2CCC(C3CCC(c4ccc(C#N)cc4)CC3)CC2)CC1.